The van der Waals surface area contributed by atoms with E-state index in [1.165, 1.54) is 0 Å². The van der Waals surface area contributed by atoms with Gasteiger partial charge in [-0.15, -0.1) is 0 Å². The van der Waals surface area contributed by atoms with E-state index >= 15 is 0 Å². The molecule has 23 heavy (non-hydrogen) atoms. The van der Waals surface area contributed by atoms with E-state index in [0.29, 0.717) is 23.6 Å². The maximum atomic E-state index is 12.3. The van der Waals surface area contributed by atoms with Crippen molar-refractivity contribution < 1.29 is 14.3 Å². The van der Waals surface area contributed by atoms with Crippen LogP contribution in [-0.2, 0) is 13.6 Å². The Balaban J connectivity index is 1.51. The van der Waals surface area contributed by atoms with Gasteiger partial charge in [-0.05, 0) is 30.3 Å². The fraction of sp³-hybridized carbons (Fsp3) is 0.176. The number of amides is 1. The van der Waals surface area contributed by atoms with Gasteiger partial charge in [0.15, 0.2) is 11.5 Å². The van der Waals surface area contributed by atoms with E-state index in [0.717, 1.165) is 16.9 Å². The third-order valence-electron chi connectivity index (χ3n) is 3.92. The fourth-order valence-corrected chi connectivity index (χ4v) is 2.65. The molecule has 1 aliphatic rings. The van der Waals surface area contributed by atoms with Gasteiger partial charge >= 0.3 is 0 Å². The average molecular weight is 309 g/mol. The van der Waals surface area contributed by atoms with Crippen LogP contribution in [0.1, 0.15) is 16.2 Å². The highest BCUT2D eigenvalue weighted by molar-refractivity contribution is 5.94. The van der Waals surface area contributed by atoms with E-state index in [4.69, 9.17) is 9.47 Å². The highest BCUT2D eigenvalue weighted by Gasteiger charge is 2.16. The van der Waals surface area contributed by atoms with Gasteiger partial charge in [0, 0.05) is 12.6 Å². The third-order valence-corrected chi connectivity index (χ3v) is 3.92. The number of rotatable bonds is 3. The van der Waals surface area contributed by atoms with E-state index in [1.807, 2.05) is 35.9 Å². The number of aryl methyl sites for hydroxylation is 1. The smallest absolute Gasteiger partial charge is 0.251 e. The first-order valence-electron chi connectivity index (χ1n) is 7.30. The molecule has 2 heterocycles. The quantitative estimate of drug-likeness (QED) is 0.806. The van der Waals surface area contributed by atoms with Crippen molar-refractivity contribution in [2.75, 3.05) is 6.79 Å². The number of ether oxygens (including phenoxy) is 2. The number of hydrogen-bond donors (Lipinski definition) is 1. The summed E-state index contributed by atoms with van der Waals surface area (Å²) in [6, 6.07) is 13.0. The maximum absolute atomic E-state index is 12.3. The van der Waals surface area contributed by atoms with E-state index in [1.54, 1.807) is 18.2 Å². The van der Waals surface area contributed by atoms with Crippen LogP contribution in [-0.4, -0.2) is 22.3 Å². The van der Waals surface area contributed by atoms with Crippen molar-refractivity contribution in [2.24, 2.45) is 7.05 Å². The first-order chi connectivity index (χ1) is 11.2. The molecule has 1 aromatic heterocycles. The average Bonchev–Trinajstić information content (AvgIpc) is 3.17. The second-order valence-electron chi connectivity index (χ2n) is 5.33. The zero-order valence-corrected chi connectivity index (χ0v) is 12.6. The molecule has 0 bridgehead atoms. The summed E-state index contributed by atoms with van der Waals surface area (Å²) in [6.07, 6.45) is 0. The van der Waals surface area contributed by atoms with Crippen LogP contribution < -0.4 is 14.8 Å². The van der Waals surface area contributed by atoms with Crippen LogP contribution in [0, 0.1) is 0 Å². The summed E-state index contributed by atoms with van der Waals surface area (Å²) in [5.74, 6) is 1.90. The molecule has 0 spiro atoms. The fourth-order valence-electron chi connectivity index (χ4n) is 2.65. The molecule has 6 nitrogen and oxygen atoms in total. The summed E-state index contributed by atoms with van der Waals surface area (Å²) < 4.78 is 12.5. The van der Waals surface area contributed by atoms with Crippen LogP contribution in [0.25, 0.3) is 11.0 Å². The second-order valence-corrected chi connectivity index (χ2v) is 5.33. The molecule has 0 radical (unpaired) electrons. The number of carbonyl (C=O) groups is 1. The largest absolute Gasteiger partial charge is 0.454 e. The molecule has 1 N–H and O–H groups in total. The summed E-state index contributed by atoms with van der Waals surface area (Å²) >= 11 is 0. The molecular formula is C17H15N3O3. The van der Waals surface area contributed by atoms with Crippen molar-refractivity contribution in [3.8, 4) is 11.5 Å². The van der Waals surface area contributed by atoms with E-state index in [2.05, 4.69) is 10.3 Å². The summed E-state index contributed by atoms with van der Waals surface area (Å²) in [4.78, 5) is 16.8. The molecule has 3 aromatic rings. The lowest BCUT2D eigenvalue weighted by Gasteiger charge is -2.06. The lowest BCUT2D eigenvalue weighted by atomic mass is 10.2. The monoisotopic (exact) mass is 309 g/mol. The van der Waals surface area contributed by atoms with Crippen LogP contribution in [0.5, 0.6) is 11.5 Å². The Morgan fingerprint density at radius 2 is 2.04 bits per heavy atom. The molecule has 0 fully saturated rings. The molecular weight excluding hydrogens is 294 g/mol. The van der Waals surface area contributed by atoms with E-state index in [9.17, 15) is 4.79 Å². The van der Waals surface area contributed by atoms with Gasteiger partial charge in [0.05, 0.1) is 17.6 Å². The van der Waals surface area contributed by atoms with Crippen molar-refractivity contribution in [3.63, 3.8) is 0 Å². The molecule has 0 atom stereocenters. The van der Waals surface area contributed by atoms with Gasteiger partial charge in [0.1, 0.15) is 5.82 Å². The van der Waals surface area contributed by atoms with Crippen molar-refractivity contribution in [2.45, 2.75) is 6.54 Å². The topological polar surface area (TPSA) is 65.4 Å². The van der Waals surface area contributed by atoms with E-state index < -0.39 is 0 Å². The van der Waals surface area contributed by atoms with Gasteiger partial charge < -0.3 is 19.4 Å². The minimum absolute atomic E-state index is 0.171. The Hall–Kier alpha value is -3.02. The number of nitrogens with one attached hydrogen (secondary N) is 1. The van der Waals surface area contributed by atoms with Crippen LogP contribution in [0.4, 0.5) is 0 Å². The molecule has 1 aliphatic heterocycles. The van der Waals surface area contributed by atoms with Crippen LogP contribution in [0.15, 0.2) is 42.5 Å². The van der Waals surface area contributed by atoms with Gasteiger partial charge in [0.25, 0.3) is 5.91 Å². The minimum Gasteiger partial charge on any atom is -0.454 e. The van der Waals surface area contributed by atoms with Gasteiger partial charge in [-0.3, -0.25) is 4.79 Å². The highest BCUT2D eigenvalue weighted by Crippen LogP contribution is 2.32. The Morgan fingerprint density at radius 3 is 2.91 bits per heavy atom. The normalized spacial score (nSPS) is 12.6. The molecule has 6 heteroatoms. The van der Waals surface area contributed by atoms with Crippen LogP contribution >= 0.6 is 0 Å². The van der Waals surface area contributed by atoms with Gasteiger partial charge in [-0.2, -0.15) is 0 Å². The SMILES string of the molecule is Cn1c(CNC(=O)c2ccc3c(c2)OCO3)nc2ccccc21. The Kier molecular flexibility index (Phi) is 3.15. The molecule has 2 aromatic carbocycles. The number of para-hydroxylation sites is 2. The third kappa shape index (κ3) is 2.38. The van der Waals surface area contributed by atoms with Crippen LogP contribution in [0.3, 0.4) is 0 Å². The Bertz CT molecular complexity index is 901. The predicted molar refractivity (Wildman–Crippen MR) is 84.4 cm³/mol. The summed E-state index contributed by atoms with van der Waals surface area (Å²) in [6.45, 7) is 0.554. The lowest BCUT2D eigenvalue weighted by Crippen LogP contribution is -2.24. The summed E-state index contributed by atoms with van der Waals surface area (Å²) in [7, 11) is 1.94. The number of hydrogen-bond acceptors (Lipinski definition) is 4. The predicted octanol–water partition coefficient (Wildman–Crippen LogP) is 2.23. The molecule has 4 rings (SSSR count). The van der Waals surface area contributed by atoms with Crippen molar-refractivity contribution in [1.29, 1.82) is 0 Å². The number of aromatic nitrogens is 2. The zero-order chi connectivity index (χ0) is 15.8. The Morgan fingerprint density at radius 1 is 1.22 bits per heavy atom. The number of carbonyl (C=O) groups excluding carboxylic acids is 1. The van der Waals surface area contributed by atoms with Crippen molar-refractivity contribution >= 4 is 16.9 Å². The molecule has 1 amide bonds. The number of imidazole rings is 1. The van der Waals surface area contributed by atoms with Gasteiger partial charge in [-0.25, -0.2) is 4.98 Å². The highest BCUT2D eigenvalue weighted by atomic mass is 16.7. The number of fused-ring (bicyclic) bond motifs is 2. The number of benzene rings is 2. The minimum atomic E-state index is -0.171. The summed E-state index contributed by atoms with van der Waals surface area (Å²) in [5.41, 5.74) is 2.50. The van der Waals surface area contributed by atoms with Crippen molar-refractivity contribution in [3.05, 3.63) is 53.9 Å². The maximum Gasteiger partial charge on any atom is 0.251 e. The standard InChI is InChI=1S/C17H15N3O3/c1-20-13-5-3-2-4-12(13)19-16(20)9-18-17(21)11-6-7-14-15(8-11)23-10-22-14/h2-8H,9-10H2,1H3,(H,18,21). The van der Waals surface area contributed by atoms with E-state index in [-0.39, 0.29) is 12.7 Å². The number of nitrogens with zero attached hydrogens (tertiary/aromatic N) is 2. The van der Waals surface area contributed by atoms with Crippen LogP contribution in [0.2, 0.25) is 0 Å². The second kappa shape index (κ2) is 5.31. The molecule has 0 aliphatic carbocycles. The zero-order valence-electron chi connectivity index (χ0n) is 12.6. The molecule has 0 unspecified atom stereocenters. The molecule has 116 valence electrons. The molecule has 0 saturated heterocycles. The van der Waals surface area contributed by atoms with Gasteiger partial charge in [-0.1, -0.05) is 12.1 Å². The Labute approximate surface area is 132 Å². The first-order valence-corrected chi connectivity index (χ1v) is 7.30. The van der Waals surface area contributed by atoms with Gasteiger partial charge in [0.2, 0.25) is 6.79 Å². The molecule has 0 saturated carbocycles. The summed E-state index contributed by atoms with van der Waals surface area (Å²) in [5, 5.41) is 2.89. The first kappa shape index (κ1) is 13.6. The van der Waals surface area contributed by atoms with Crippen molar-refractivity contribution in [1.82, 2.24) is 14.9 Å². The lowest BCUT2D eigenvalue weighted by molar-refractivity contribution is 0.0949.